The second kappa shape index (κ2) is 8.65. The van der Waals surface area contributed by atoms with Gasteiger partial charge in [-0.2, -0.15) is 0 Å². The van der Waals surface area contributed by atoms with Crippen LogP contribution in [-0.2, 0) is 6.42 Å². The Morgan fingerprint density at radius 1 is 0.639 bits per heavy atom. The lowest BCUT2D eigenvalue weighted by molar-refractivity contribution is 0.825. The van der Waals surface area contributed by atoms with Crippen molar-refractivity contribution >= 4 is 43.7 Å². The highest BCUT2D eigenvalue weighted by molar-refractivity contribution is 9.10. The van der Waals surface area contributed by atoms with E-state index in [1.807, 2.05) is 0 Å². The van der Waals surface area contributed by atoms with E-state index in [4.69, 9.17) is 0 Å². The monoisotopic (exact) mass is 525 g/mol. The summed E-state index contributed by atoms with van der Waals surface area (Å²) < 4.78 is 3.59. The van der Waals surface area contributed by atoms with Crippen molar-refractivity contribution in [2.24, 2.45) is 0 Å². The minimum atomic E-state index is 0.375. The van der Waals surface area contributed by atoms with E-state index in [1.54, 1.807) is 0 Å². The van der Waals surface area contributed by atoms with E-state index in [1.165, 1.54) is 55.3 Å². The summed E-state index contributed by atoms with van der Waals surface area (Å²) in [5.74, 6) is 0.375. The van der Waals surface area contributed by atoms with E-state index in [2.05, 4.69) is 148 Å². The maximum absolute atomic E-state index is 3.76. The van der Waals surface area contributed by atoms with Crippen LogP contribution in [0.5, 0.6) is 0 Å². The van der Waals surface area contributed by atoms with Crippen LogP contribution in [0.15, 0.2) is 126 Å². The first-order chi connectivity index (χ1) is 17.8. The van der Waals surface area contributed by atoms with Crippen molar-refractivity contribution in [3.8, 4) is 16.8 Å². The van der Waals surface area contributed by atoms with Crippen molar-refractivity contribution in [1.29, 1.82) is 0 Å². The van der Waals surface area contributed by atoms with Crippen molar-refractivity contribution in [2.45, 2.75) is 12.3 Å². The number of hydrogen-bond acceptors (Lipinski definition) is 0. The van der Waals surface area contributed by atoms with E-state index in [0.29, 0.717) is 5.92 Å². The fraction of sp³-hybridized carbons (Fsp3) is 0.0588. The average molecular weight is 526 g/mol. The fourth-order valence-corrected chi connectivity index (χ4v) is 6.18. The molecule has 0 fully saturated rings. The Hall–Kier alpha value is -3.88. The zero-order chi connectivity index (χ0) is 24.1. The van der Waals surface area contributed by atoms with Crippen LogP contribution < -0.4 is 0 Å². The Kier molecular flexibility index (Phi) is 5.15. The molecule has 1 unspecified atom stereocenters. The molecule has 0 aliphatic heterocycles. The molecule has 1 aromatic heterocycles. The van der Waals surface area contributed by atoms with Gasteiger partial charge in [-0.3, -0.25) is 0 Å². The van der Waals surface area contributed by atoms with Gasteiger partial charge in [-0.15, -0.1) is 0 Å². The highest BCUT2D eigenvalue weighted by Crippen LogP contribution is 2.41. The molecule has 1 aliphatic carbocycles. The van der Waals surface area contributed by atoms with E-state index in [0.717, 1.165) is 10.9 Å². The van der Waals surface area contributed by atoms with Gasteiger partial charge in [0.05, 0.1) is 11.2 Å². The van der Waals surface area contributed by atoms with Gasteiger partial charge in [-0.25, -0.2) is 0 Å². The van der Waals surface area contributed by atoms with Gasteiger partial charge in [-0.05, 0) is 64.4 Å². The first-order valence-corrected chi connectivity index (χ1v) is 13.2. The fourth-order valence-electron chi connectivity index (χ4n) is 5.70. The molecule has 0 amide bonds. The Balaban J connectivity index is 1.50. The number of nitrogens with zero attached hydrogens (tertiary/aromatic N) is 1. The Labute approximate surface area is 219 Å². The molecule has 5 aromatic carbocycles. The van der Waals surface area contributed by atoms with Crippen molar-refractivity contribution in [1.82, 2.24) is 4.57 Å². The molecule has 0 spiro atoms. The zero-order valence-electron chi connectivity index (χ0n) is 19.7. The number of aromatic nitrogens is 1. The van der Waals surface area contributed by atoms with E-state index in [-0.39, 0.29) is 0 Å². The number of halogens is 1. The highest BCUT2D eigenvalue weighted by atomic mass is 79.9. The molecule has 2 heteroatoms. The quantitative estimate of drug-likeness (QED) is 0.216. The van der Waals surface area contributed by atoms with Gasteiger partial charge in [0.2, 0.25) is 0 Å². The molecular formula is C34H24BrN. The molecular weight excluding hydrogens is 502 g/mol. The SMILES string of the molecule is Brc1ccc(-n2c3c(c4cc(-c5ccccc5)ccc42)CC(c2ccccc2)C=C3)c2ccccc12. The number of hydrogen-bond donors (Lipinski definition) is 0. The summed E-state index contributed by atoms with van der Waals surface area (Å²) in [5.41, 5.74) is 9.06. The minimum absolute atomic E-state index is 0.375. The molecule has 1 atom stereocenters. The van der Waals surface area contributed by atoms with Crippen LogP contribution in [0.25, 0.3) is 44.6 Å². The average Bonchev–Trinajstić information content (AvgIpc) is 3.27. The first-order valence-electron chi connectivity index (χ1n) is 12.4. The molecule has 36 heavy (non-hydrogen) atoms. The molecule has 172 valence electrons. The standard InChI is InChI=1S/C34H24BrN/c35-31-17-20-32(28-14-8-7-13-27(28)31)36-33-18-15-25(23-9-3-1-4-10-23)21-29(33)30-22-26(16-19-34(30)36)24-11-5-2-6-12-24/h1-21,26H,22H2. The molecule has 0 saturated carbocycles. The molecule has 0 N–H and O–H groups in total. The number of rotatable bonds is 3. The van der Waals surface area contributed by atoms with E-state index < -0.39 is 0 Å². The third kappa shape index (κ3) is 3.44. The third-order valence-electron chi connectivity index (χ3n) is 7.45. The third-order valence-corrected chi connectivity index (χ3v) is 8.14. The van der Waals surface area contributed by atoms with Crippen molar-refractivity contribution in [3.05, 3.63) is 143 Å². The van der Waals surface area contributed by atoms with Crippen molar-refractivity contribution in [3.63, 3.8) is 0 Å². The summed E-state index contributed by atoms with van der Waals surface area (Å²) in [4.78, 5) is 0. The van der Waals surface area contributed by atoms with Gasteiger partial charge in [0.25, 0.3) is 0 Å². The van der Waals surface area contributed by atoms with E-state index >= 15 is 0 Å². The van der Waals surface area contributed by atoms with Crippen molar-refractivity contribution in [2.75, 3.05) is 0 Å². The summed E-state index contributed by atoms with van der Waals surface area (Å²) in [7, 11) is 0. The molecule has 7 rings (SSSR count). The lowest BCUT2D eigenvalue weighted by Gasteiger charge is -2.20. The van der Waals surface area contributed by atoms with Crippen LogP contribution in [-0.4, -0.2) is 4.57 Å². The van der Waals surface area contributed by atoms with Crippen LogP contribution >= 0.6 is 15.9 Å². The normalized spacial score (nSPS) is 14.9. The number of fused-ring (bicyclic) bond motifs is 4. The molecule has 0 radical (unpaired) electrons. The van der Waals surface area contributed by atoms with Gasteiger partial charge in [0.15, 0.2) is 0 Å². The first kappa shape index (κ1) is 21.4. The predicted octanol–water partition coefficient (Wildman–Crippen LogP) is 9.57. The summed E-state index contributed by atoms with van der Waals surface area (Å²) in [6.45, 7) is 0. The van der Waals surface area contributed by atoms with Crippen molar-refractivity contribution < 1.29 is 0 Å². The van der Waals surface area contributed by atoms with Gasteiger partial charge in [-0.1, -0.05) is 113 Å². The topological polar surface area (TPSA) is 4.93 Å². The van der Waals surface area contributed by atoms with Crippen LogP contribution in [0, 0.1) is 0 Å². The minimum Gasteiger partial charge on any atom is -0.309 e. The van der Waals surface area contributed by atoms with Gasteiger partial charge < -0.3 is 4.57 Å². The van der Waals surface area contributed by atoms with Gasteiger partial charge in [0, 0.05) is 26.9 Å². The lowest BCUT2D eigenvalue weighted by Crippen LogP contribution is -2.07. The van der Waals surface area contributed by atoms with Crippen LogP contribution in [0.3, 0.4) is 0 Å². The van der Waals surface area contributed by atoms with Gasteiger partial charge in [0.1, 0.15) is 0 Å². The summed E-state index contributed by atoms with van der Waals surface area (Å²) in [6, 6.07) is 41.6. The summed E-state index contributed by atoms with van der Waals surface area (Å²) in [6.07, 6.45) is 5.72. The molecule has 0 saturated heterocycles. The second-order valence-corrected chi connectivity index (χ2v) is 10.3. The lowest BCUT2D eigenvalue weighted by atomic mass is 9.86. The van der Waals surface area contributed by atoms with Crippen LogP contribution in [0.2, 0.25) is 0 Å². The molecule has 1 aliphatic rings. The molecule has 1 heterocycles. The number of benzene rings is 5. The Morgan fingerprint density at radius 2 is 1.36 bits per heavy atom. The molecule has 6 aromatic rings. The Bertz CT molecular complexity index is 1760. The maximum Gasteiger partial charge on any atom is 0.0541 e. The number of allylic oxidation sites excluding steroid dienone is 1. The second-order valence-electron chi connectivity index (χ2n) is 9.49. The van der Waals surface area contributed by atoms with Crippen LogP contribution in [0.4, 0.5) is 0 Å². The highest BCUT2D eigenvalue weighted by Gasteiger charge is 2.24. The maximum atomic E-state index is 3.76. The predicted molar refractivity (Wildman–Crippen MR) is 156 cm³/mol. The summed E-state index contributed by atoms with van der Waals surface area (Å²) >= 11 is 3.76. The molecule has 1 nitrogen and oxygen atoms in total. The van der Waals surface area contributed by atoms with Gasteiger partial charge >= 0.3 is 0 Å². The summed E-state index contributed by atoms with van der Waals surface area (Å²) in [5, 5.41) is 3.81. The van der Waals surface area contributed by atoms with Crippen LogP contribution in [0.1, 0.15) is 22.7 Å². The smallest absolute Gasteiger partial charge is 0.0541 e. The molecule has 0 bridgehead atoms. The largest absolute Gasteiger partial charge is 0.309 e. The Morgan fingerprint density at radius 3 is 2.17 bits per heavy atom. The zero-order valence-corrected chi connectivity index (χ0v) is 21.3. The van der Waals surface area contributed by atoms with E-state index in [9.17, 15) is 0 Å².